The summed E-state index contributed by atoms with van der Waals surface area (Å²) in [5.74, 6) is -1.54. The number of aliphatic carboxylic acids is 1. The minimum absolute atomic E-state index is 0.0198. The molecule has 1 atom stereocenters. The number of methoxy groups -OCH3 is 1. The Morgan fingerprint density at radius 2 is 1.64 bits per heavy atom. The number of alkyl carbamates (subject to hydrolysis) is 1. The molecule has 2 N–H and O–H groups in total. The highest BCUT2D eigenvalue weighted by atomic mass is 16.5. The van der Waals surface area contributed by atoms with Gasteiger partial charge >= 0.3 is 12.1 Å². The first-order valence-corrected chi connectivity index (χ1v) is 10.9. The normalized spacial score (nSPS) is 14.0. The third-order valence-electron chi connectivity index (χ3n) is 6.10. The molecule has 8 heteroatoms. The van der Waals surface area contributed by atoms with Crippen LogP contribution in [-0.2, 0) is 19.1 Å². The number of amides is 2. The van der Waals surface area contributed by atoms with Crippen LogP contribution >= 0.6 is 0 Å². The second-order valence-electron chi connectivity index (χ2n) is 8.19. The molecule has 176 valence electrons. The minimum Gasteiger partial charge on any atom is -0.481 e. The van der Waals surface area contributed by atoms with Crippen LogP contribution in [0.25, 0.3) is 11.1 Å². The molecule has 8 nitrogen and oxygen atoms in total. The molecule has 0 spiro atoms. The fourth-order valence-corrected chi connectivity index (χ4v) is 4.30. The van der Waals surface area contributed by atoms with E-state index in [0.717, 1.165) is 22.3 Å². The standard InChI is InChI=1S/C25H30N2O6/c1-4-25(16-32-3,23(30)27(2)14-13-22(28)29)26-24(31)33-15-21-19-11-7-5-9-17(19)18-10-6-8-12-20(18)21/h5-12,21H,4,13-16H2,1-3H3,(H,26,31)(H,28,29). The summed E-state index contributed by atoms with van der Waals surface area (Å²) in [4.78, 5) is 38.1. The number of carboxylic acid groups (broad SMARTS) is 1. The Kier molecular flexibility index (Phi) is 7.71. The first-order chi connectivity index (χ1) is 15.8. The number of likely N-dealkylation sites (N-methyl/N-ethyl adjacent to an activating group) is 1. The fourth-order valence-electron chi connectivity index (χ4n) is 4.30. The van der Waals surface area contributed by atoms with E-state index in [1.165, 1.54) is 19.1 Å². The first-order valence-electron chi connectivity index (χ1n) is 10.9. The molecule has 0 fully saturated rings. The zero-order valence-electron chi connectivity index (χ0n) is 19.2. The molecule has 2 aromatic rings. The Bertz CT molecular complexity index is 978. The van der Waals surface area contributed by atoms with Crippen molar-refractivity contribution in [1.29, 1.82) is 0 Å². The van der Waals surface area contributed by atoms with Crippen molar-refractivity contribution in [3.05, 3.63) is 59.7 Å². The highest BCUT2D eigenvalue weighted by Gasteiger charge is 2.41. The lowest BCUT2D eigenvalue weighted by molar-refractivity contribution is -0.141. The van der Waals surface area contributed by atoms with Crippen LogP contribution in [0.3, 0.4) is 0 Å². The number of fused-ring (bicyclic) bond motifs is 3. The molecule has 33 heavy (non-hydrogen) atoms. The maximum absolute atomic E-state index is 13.1. The van der Waals surface area contributed by atoms with Gasteiger partial charge in [0.15, 0.2) is 0 Å². The lowest BCUT2D eigenvalue weighted by Gasteiger charge is -2.35. The van der Waals surface area contributed by atoms with Crippen LogP contribution in [0.2, 0.25) is 0 Å². The number of nitrogens with zero attached hydrogens (tertiary/aromatic N) is 1. The number of rotatable bonds is 10. The van der Waals surface area contributed by atoms with Crippen molar-refractivity contribution < 1.29 is 29.0 Å². The molecular weight excluding hydrogens is 424 g/mol. The summed E-state index contributed by atoms with van der Waals surface area (Å²) < 4.78 is 10.8. The van der Waals surface area contributed by atoms with Gasteiger partial charge in [0.25, 0.3) is 5.91 Å². The summed E-state index contributed by atoms with van der Waals surface area (Å²) in [7, 11) is 2.94. The van der Waals surface area contributed by atoms with Gasteiger partial charge in [0, 0.05) is 26.6 Å². The van der Waals surface area contributed by atoms with E-state index in [4.69, 9.17) is 14.6 Å². The van der Waals surface area contributed by atoms with Crippen LogP contribution in [0.1, 0.15) is 36.8 Å². The number of carboxylic acids is 1. The Hall–Kier alpha value is -3.39. The van der Waals surface area contributed by atoms with E-state index in [1.807, 2.05) is 36.4 Å². The minimum atomic E-state index is -1.36. The third kappa shape index (κ3) is 5.17. The van der Waals surface area contributed by atoms with Crippen LogP contribution in [0.15, 0.2) is 48.5 Å². The van der Waals surface area contributed by atoms with Crippen molar-refractivity contribution >= 4 is 18.0 Å². The van der Waals surface area contributed by atoms with Gasteiger partial charge in [-0.1, -0.05) is 55.5 Å². The molecular formula is C25H30N2O6. The van der Waals surface area contributed by atoms with Crippen LogP contribution in [0.4, 0.5) is 4.79 Å². The van der Waals surface area contributed by atoms with E-state index in [0.29, 0.717) is 0 Å². The number of carbonyl (C=O) groups excluding carboxylic acids is 2. The van der Waals surface area contributed by atoms with Gasteiger partial charge in [-0.2, -0.15) is 0 Å². The first kappa shape index (κ1) is 24.3. The number of hydrogen-bond acceptors (Lipinski definition) is 5. The molecule has 0 saturated carbocycles. The third-order valence-corrected chi connectivity index (χ3v) is 6.10. The van der Waals surface area contributed by atoms with Crippen LogP contribution in [0, 0.1) is 0 Å². The molecule has 0 bridgehead atoms. The smallest absolute Gasteiger partial charge is 0.408 e. The Morgan fingerprint density at radius 3 is 2.15 bits per heavy atom. The van der Waals surface area contributed by atoms with E-state index in [9.17, 15) is 14.4 Å². The van der Waals surface area contributed by atoms with Gasteiger partial charge < -0.3 is 24.8 Å². The van der Waals surface area contributed by atoms with Crippen LogP contribution < -0.4 is 5.32 Å². The van der Waals surface area contributed by atoms with Crippen LogP contribution in [0.5, 0.6) is 0 Å². The molecule has 0 aromatic heterocycles. The van der Waals surface area contributed by atoms with Crippen molar-refractivity contribution in [2.45, 2.75) is 31.2 Å². The van der Waals surface area contributed by atoms with Crippen molar-refractivity contribution in [3.63, 3.8) is 0 Å². The molecule has 0 aliphatic heterocycles. The molecule has 1 unspecified atom stereocenters. The van der Waals surface area contributed by atoms with Gasteiger partial charge in [0.05, 0.1) is 13.0 Å². The maximum Gasteiger partial charge on any atom is 0.408 e. The SMILES string of the molecule is CCC(COC)(NC(=O)OCC1c2ccccc2-c2ccccc21)C(=O)N(C)CCC(=O)O. The van der Waals surface area contributed by atoms with Crippen molar-refractivity contribution in [1.82, 2.24) is 10.2 Å². The second-order valence-corrected chi connectivity index (χ2v) is 8.19. The van der Waals surface area contributed by atoms with E-state index in [1.54, 1.807) is 6.92 Å². The highest BCUT2D eigenvalue weighted by Crippen LogP contribution is 2.44. The molecule has 2 aromatic carbocycles. The quantitative estimate of drug-likeness (QED) is 0.571. The molecule has 1 aliphatic carbocycles. The molecule has 2 amide bonds. The van der Waals surface area contributed by atoms with E-state index >= 15 is 0 Å². The summed E-state index contributed by atoms with van der Waals surface area (Å²) in [6, 6.07) is 16.1. The molecule has 0 radical (unpaired) electrons. The van der Waals surface area contributed by atoms with Gasteiger partial charge in [-0.15, -0.1) is 0 Å². The maximum atomic E-state index is 13.1. The largest absolute Gasteiger partial charge is 0.481 e. The van der Waals surface area contributed by atoms with Gasteiger partial charge in [-0.05, 0) is 28.7 Å². The monoisotopic (exact) mass is 454 g/mol. The van der Waals surface area contributed by atoms with Crippen molar-refractivity contribution in [2.75, 3.05) is 33.9 Å². The van der Waals surface area contributed by atoms with Gasteiger partial charge in [-0.25, -0.2) is 4.79 Å². The lowest BCUT2D eigenvalue weighted by Crippen LogP contribution is -2.61. The predicted octanol–water partition coefficient (Wildman–Crippen LogP) is 3.25. The Morgan fingerprint density at radius 1 is 1.06 bits per heavy atom. The van der Waals surface area contributed by atoms with Crippen molar-refractivity contribution in [2.24, 2.45) is 0 Å². The summed E-state index contributed by atoms with van der Waals surface area (Å²) in [6.45, 7) is 1.83. The van der Waals surface area contributed by atoms with E-state index in [2.05, 4.69) is 17.4 Å². The van der Waals surface area contributed by atoms with Gasteiger partial charge in [0.1, 0.15) is 12.1 Å². The number of ether oxygens (including phenoxy) is 2. The zero-order valence-corrected chi connectivity index (χ0v) is 19.2. The second kappa shape index (κ2) is 10.5. The van der Waals surface area contributed by atoms with Gasteiger partial charge in [-0.3, -0.25) is 9.59 Å². The van der Waals surface area contributed by atoms with Crippen LogP contribution in [-0.4, -0.2) is 67.4 Å². The number of hydrogen-bond donors (Lipinski definition) is 2. The number of benzene rings is 2. The average Bonchev–Trinajstić information content (AvgIpc) is 3.14. The summed E-state index contributed by atoms with van der Waals surface area (Å²) in [6.07, 6.45) is -0.669. The fraction of sp³-hybridized carbons (Fsp3) is 0.400. The van der Waals surface area contributed by atoms with Crippen molar-refractivity contribution in [3.8, 4) is 11.1 Å². The number of carbonyl (C=O) groups is 3. The molecule has 3 rings (SSSR count). The lowest BCUT2D eigenvalue weighted by atomic mass is 9.95. The average molecular weight is 455 g/mol. The Balaban J connectivity index is 1.72. The van der Waals surface area contributed by atoms with E-state index in [-0.39, 0.29) is 38.5 Å². The molecule has 1 aliphatic rings. The zero-order chi connectivity index (χ0) is 24.0. The summed E-state index contributed by atoms with van der Waals surface area (Å²) >= 11 is 0. The van der Waals surface area contributed by atoms with E-state index < -0.39 is 23.5 Å². The predicted molar refractivity (Wildman–Crippen MR) is 123 cm³/mol. The molecule has 0 heterocycles. The Labute approximate surface area is 193 Å². The highest BCUT2D eigenvalue weighted by molar-refractivity contribution is 5.90. The topological polar surface area (TPSA) is 105 Å². The number of nitrogens with one attached hydrogen (secondary N) is 1. The van der Waals surface area contributed by atoms with Gasteiger partial charge in [0.2, 0.25) is 0 Å². The summed E-state index contributed by atoms with van der Waals surface area (Å²) in [5, 5.41) is 11.6. The summed E-state index contributed by atoms with van der Waals surface area (Å²) in [5.41, 5.74) is 3.08. The molecule has 0 saturated heterocycles.